The first-order valence-corrected chi connectivity index (χ1v) is 9.13. The molecular formula is C18H20N4O2S. The van der Waals surface area contributed by atoms with Crippen molar-refractivity contribution in [3.63, 3.8) is 0 Å². The maximum Gasteiger partial charge on any atom is 0.319 e. The lowest BCUT2D eigenvalue weighted by atomic mass is 10.1. The average molecular weight is 356 g/mol. The van der Waals surface area contributed by atoms with Crippen LogP contribution < -0.4 is 0 Å². The van der Waals surface area contributed by atoms with Gasteiger partial charge in [-0.15, -0.1) is 10.2 Å². The van der Waals surface area contributed by atoms with Gasteiger partial charge in [0.15, 0.2) is 11.5 Å². The molecule has 2 aromatic heterocycles. The molecule has 6 nitrogen and oxygen atoms in total. The standard InChI is InChI=1S/C18H20N4O2S/c1-4-14(18(23)24-5-2)25-16-11-10-15-19-20-17(22(15)21-16)13-8-6-12(3)7-9-13/h6-11,14H,4-5H2,1-3H3/t14-/m0/s1. The Labute approximate surface area is 150 Å². The van der Waals surface area contributed by atoms with Crippen LogP contribution in [0.3, 0.4) is 0 Å². The second kappa shape index (κ2) is 7.65. The van der Waals surface area contributed by atoms with E-state index in [4.69, 9.17) is 4.74 Å². The Morgan fingerprint density at radius 2 is 1.92 bits per heavy atom. The molecule has 0 radical (unpaired) electrons. The minimum Gasteiger partial charge on any atom is -0.465 e. The number of hydrogen-bond donors (Lipinski definition) is 0. The maximum atomic E-state index is 12.0. The number of ether oxygens (including phenoxy) is 1. The third-order valence-corrected chi connectivity index (χ3v) is 5.00. The molecule has 25 heavy (non-hydrogen) atoms. The summed E-state index contributed by atoms with van der Waals surface area (Å²) in [6.07, 6.45) is 0.677. The van der Waals surface area contributed by atoms with E-state index in [0.29, 0.717) is 24.5 Å². The second-order valence-corrected chi connectivity index (χ2v) is 6.82. The summed E-state index contributed by atoms with van der Waals surface area (Å²) in [5, 5.41) is 13.5. The monoisotopic (exact) mass is 356 g/mol. The molecule has 3 aromatic rings. The lowest BCUT2D eigenvalue weighted by Crippen LogP contribution is -2.19. The molecule has 7 heteroatoms. The van der Waals surface area contributed by atoms with E-state index in [1.54, 1.807) is 4.52 Å². The molecule has 0 saturated carbocycles. The van der Waals surface area contributed by atoms with Gasteiger partial charge in [0.2, 0.25) is 0 Å². The van der Waals surface area contributed by atoms with Gasteiger partial charge in [-0.05, 0) is 32.4 Å². The van der Waals surface area contributed by atoms with E-state index in [2.05, 4.69) is 15.3 Å². The van der Waals surface area contributed by atoms with Crippen molar-refractivity contribution in [3.8, 4) is 11.4 Å². The van der Waals surface area contributed by atoms with Crippen LogP contribution in [0.4, 0.5) is 0 Å². The van der Waals surface area contributed by atoms with Crippen molar-refractivity contribution in [2.75, 3.05) is 6.61 Å². The molecule has 2 heterocycles. The first kappa shape index (κ1) is 17.4. The zero-order chi connectivity index (χ0) is 17.8. The lowest BCUT2D eigenvalue weighted by Gasteiger charge is -2.12. The molecule has 0 fully saturated rings. The molecule has 0 amide bonds. The van der Waals surface area contributed by atoms with Gasteiger partial charge in [-0.1, -0.05) is 48.5 Å². The first-order valence-electron chi connectivity index (χ1n) is 8.25. The van der Waals surface area contributed by atoms with Gasteiger partial charge < -0.3 is 4.74 Å². The first-order chi connectivity index (χ1) is 12.1. The zero-order valence-electron chi connectivity index (χ0n) is 14.5. The maximum absolute atomic E-state index is 12.0. The van der Waals surface area contributed by atoms with Gasteiger partial charge in [-0.2, -0.15) is 9.61 Å². The molecule has 0 saturated heterocycles. The number of carbonyl (C=O) groups excluding carboxylic acids is 1. The summed E-state index contributed by atoms with van der Waals surface area (Å²) in [5.74, 6) is 0.473. The summed E-state index contributed by atoms with van der Waals surface area (Å²) in [7, 11) is 0. The van der Waals surface area contributed by atoms with Crippen molar-refractivity contribution in [2.45, 2.75) is 37.5 Å². The molecule has 0 spiro atoms. The fourth-order valence-corrected chi connectivity index (χ4v) is 3.29. The van der Waals surface area contributed by atoms with Crippen LogP contribution in [-0.4, -0.2) is 37.6 Å². The third-order valence-electron chi connectivity index (χ3n) is 3.73. The van der Waals surface area contributed by atoms with Crippen LogP contribution in [0.1, 0.15) is 25.8 Å². The molecule has 130 valence electrons. The van der Waals surface area contributed by atoms with Gasteiger partial charge in [0.05, 0.1) is 6.61 Å². The summed E-state index contributed by atoms with van der Waals surface area (Å²) >= 11 is 1.40. The molecule has 0 aliphatic carbocycles. The molecular weight excluding hydrogens is 336 g/mol. The highest BCUT2D eigenvalue weighted by molar-refractivity contribution is 8.00. The van der Waals surface area contributed by atoms with Crippen LogP contribution in [-0.2, 0) is 9.53 Å². The van der Waals surface area contributed by atoms with Gasteiger partial charge in [-0.3, -0.25) is 4.79 Å². The van der Waals surface area contributed by atoms with Crippen LogP contribution in [0, 0.1) is 6.92 Å². The molecule has 1 atom stereocenters. The fraction of sp³-hybridized carbons (Fsp3) is 0.333. The van der Waals surface area contributed by atoms with Crippen LogP contribution in [0.15, 0.2) is 41.4 Å². The number of benzene rings is 1. The van der Waals surface area contributed by atoms with E-state index >= 15 is 0 Å². The largest absolute Gasteiger partial charge is 0.465 e. The number of thioether (sulfide) groups is 1. The SMILES string of the molecule is CCOC(=O)[C@H](CC)Sc1ccc2nnc(-c3ccc(C)cc3)n2n1. The Morgan fingerprint density at radius 1 is 1.16 bits per heavy atom. The van der Waals surface area contributed by atoms with Crippen molar-refractivity contribution >= 4 is 23.4 Å². The van der Waals surface area contributed by atoms with Crippen molar-refractivity contribution in [3.05, 3.63) is 42.0 Å². The highest BCUT2D eigenvalue weighted by Gasteiger charge is 2.20. The van der Waals surface area contributed by atoms with E-state index in [1.165, 1.54) is 17.3 Å². The van der Waals surface area contributed by atoms with Crippen molar-refractivity contribution in [1.82, 2.24) is 19.8 Å². The minimum absolute atomic E-state index is 0.209. The lowest BCUT2D eigenvalue weighted by molar-refractivity contribution is -0.142. The van der Waals surface area contributed by atoms with E-state index in [0.717, 1.165) is 10.6 Å². The number of rotatable bonds is 6. The molecule has 0 unspecified atom stereocenters. The third kappa shape index (κ3) is 3.82. The number of carbonyl (C=O) groups is 1. The Hall–Kier alpha value is -2.41. The predicted octanol–water partition coefficient (Wildman–Crippen LogP) is 3.53. The molecule has 0 aliphatic heterocycles. The van der Waals surface area contributed by atoms with Crippen molar-refractivity contribution < 1.29 is 9.53 Å². The van der Waals surface area contributed by atoms with Crippen LogP contribution in [0.5, 0.6) is 0 Å². The number of nitrogens with zero attached hydrogens (tertiary/aromatic N) is 4. The summed E-state index contributed by atoms with van der Waals surface area (Å²) < 4.78 is 6.84. The molecule has 1 aromatic carbocycles. The van der Waals surface area contributed by atoms with E-state index in [9.17, 15) is 4.79 Å². The van der Waals surface area contributed by atoms with E-state index in [-0.39, 0.29) is 11.2 Å². The van der Waals surface area contributed by atoms with Crippen LogP contribution in [0.25, 0.3) is 17.0 Å². The number of hydrogen-bond acceptors (Lipinski definition) is 6. The van der Waals surface area contributed by atoms with Gasteiger partial charge in [0.25, 0.3) is 0 Å². The summed E-state index contributed by atoms with van der Waals surface area (Å²) in [4.78, 5) is 12.0. The Kier molecular flexibility index (Phi) is 5.33. The Morgan fingerprint density at radius 3 is 2.60 bits per heavy atom. The quantitative estimate of drug-likeness (QED) is 0.497. The van der Waals surface area contributed by atoms with Crippen molar-refractivity contribution in [1.29, 1.82) is 0 Å². The smallest absolute Gasteiger partial charge is 0.319 e. The Balaban J connectivity index is 1.92. The van der Waals surface area contributed by atoms with Gasteiger partial charge in [0.1, 0.15) is 10.3 Å². The minimum atomic E-state index is -0.274. The summed E-state index contributed by atoms with van der Waals surface area (Å²) in [6, 6.07) is 11.8. The molecule has 0 N–H and O–H groups in total. The number of aromatic nitrogens is 4. The Bertz CT molecular complexity index is 876. The van der Waals surface area contributed by atoms with Crippen LogP contribution in [0.2, 0.25) is 0 Å². The predicted molar refractivity (Wildman–Crippen MR) is 97.5 cm³/mol. The topological polar surface area (TPSA) is 69.4 Å². The zero-order valence-corrected chi connectivity index (χ0v) is 15.3. The van der Waals surface area contributed by atoms with E-state index < -0.39 is 0 Å². The van der Waals surface area contributed by atoms with Gasteiger partial charge in [0, 0.05) is 5.56 Å². The summed E-state index contributed by atoms with van der Waals surface area (Å²) in [5.41, 5.74) is 2.80. The fourth-order valence-electron chi connectivity index (χ4n) is 2.40. The van der Waals surface area contributed by atoms with Crippen molar-refractivity contribution in [2.24, 2.45) is 0 Å². The number of fused-ring (bicyclic) bond motifs is 1. The number of esters is 1. The molecule has 0 bridgehead atoms. The molecule has 0 aliphatic rings. The van der Waals surface area contributed by atoms with Crippen LogP contribution >= 0.6 is 11.8 Å². The normalized spacial score (nSPS) is 12.3. The van der Waals surface area contributed by atoms with E-state index in [1.807, 2.05) is 57.2 Å². The highest BCUT2D eigenvalue weighted by atomic mass is 32.2. The summed E-state index contributed by atoms with van der Waals surface area (Å²) in [6.45, 7) is 6.19. The van der Waals surface area contributed by atoms with Gasteiger partial charge >= 0.3 is 5.97 Å². The molecule has 3 rings (SSSR count). The number of aryl methyl sites for hydroxylation is 1. The second-order valence-electron chi connectivity index (χ2n) is 5.60. The highest BCUT2D eigenvalue weighted by Crippen LogP contribution is 2.26. The van der Waals surface area contributed by atoms with Gasteiger partial charge in [-0.25, -0.2) is 0 Å². The average Bonchev–Trinajstić information content (AvgIpc) is 3.03.